The number of halogens is 2. The fraction of sp³-hybridized carbons (Fsp3) is 0.269. The number of ether oxygens (including phenoxy) is 1. The number of imidazole rings is 1. The first-order valence-electron chi connectivity index (χ1n) is 10.8. The van der Waals surface area contributed by atoms with Crippen molar-refractivity contribution >= 4 is 45.8 Å². The van der Waals surface area contributed by atoms with Gasteiger partial charge in [0.15, 0.2) is 12.3 Å². The normalized spacial score (nSPS) is 12.1. The summed E-state index contributed by atoms with van der Waals surface area (Å²) in [4.78, 5) is 19.0. The number of aromatic nitrogens is 3. The molecule has 0 aliphatic heterocycles. The molecule has 0 radical (unpaired) electrons. The molecule has 34 heavy (non-hydrogen) atoms. The lowest BCUT2D eigenvalue weighted by molar-refractivity contribution is -0.138. The van der Waals surface area contributed by atoms with E-state index in [9.17, 15) is 8.68 Å². The number of benzene rings is 2. The summed E-state index contributed by atoms with van der Waals surface area (Å²) in [6.45, 7) is 7.93. The number of rotatable bonds is 6. The minimum Gasteiger partial charge on any atom is -0.462 e. The first-order valence-corrected chi connectivity index (χ1v) is 12.2. The standard InChI is InChI=1S/C21H17BrFN3S.C5H10O2/c1-14-7-10-20-19(11-14)25-21(26(20)27-23)17(12-15-5-3-2-4-6-15)18-9-8-16(22)13-24-18;1-5(2,3)7-4-6/h2-11,13,17H,12H2,1H3;4H,1-3H3. The molecule has 0 saturated carbocycles. The van der Waals surface area contributed by atoms with Crippen LogP contribution in [0.25, 0.3) is 11.0 Å². The second-order valence-corrected chi connectivity index (χ2v) is 10.2. The Hall–Kier alpha value is -2.71. The average Bonchev–Trinajstić information content (AvgIpc) is 3.15. The maximum Gasteiger partial charge on any atom is 0.293 e. The van der Waals surface area contributed by atoms with Crippen LogP contribution in [0.2, 0.25) is 0 Å². The molecule has 2 aromatic carbocycles. The van der Waals surface area contributed by atoms with Crippen molar-refractivity contribution in [2.45, 2.75) is 45.6 Å². The van der Waals surface area contributed by atoms with E-state index in [1.807, 2.05) is 76.2 Å². The fourth-order valence-corrected chi connectivity index (χ4v) is 4.10. The molecular weight excluding hydrogens is 517 g/mol. The third-order valence-electron chi connectivity index (χ3n) is 4.97. The number of carbonyl (C=O) groups excluding carboxylic acids is 1. The Kier molecular flexibility index (Phi) is 8.85. The molecule has 0 spiro atoms. The molecule has 0 amide bonds. The molecule has 1 atom stereocenters. The van der Waals surface area contributed by atoms with Crippen LogP contribution in [0.4, 0.5) is 3.89 Å². The van der Waals surface area contributed by atoms with Gasteiger partial charge < -0.3 is 4.74 Å². The van der Waals surface area contributed by atoms with Crippen molar-refractivity contribution in [2.24, 2.45) is 0 Å². The number of nitrogens with zero attached hydrogens (tertiary/aromatic N) is 3. The van der Waals surface area contributed by atoms with Crippen molar-refractivity contribution < 1.29 is 13.4 Å². The van der Waals surface area contributed by atoms with E-state index in [1.165, 1.54) is 0 Å². The zero-order chi connectivity index (χ0) is 24.7. The van der Waals surface area contributed by atoms with Crippen LogP contribution in [0.1, 0.15) is 49.3 Å². The maximum atomic E-state index is 13.9. The van der Waals surface area contributed by atoms with Gasteiger partial charge in [0.05, 0.1) is 22.6 Å². The molecule has 2 heterocycles. The van der Waals surface area contributed by atoms with E-state index in [4.69, 9.17) is 4.98 Å². The quantitative estimate of drug-likeness (QED) is 0.240. The molecule has 2 aromatic heterocycles. The Balaban J connectivity index is 0.000000406. The highest BCUT2D eigenvalue weighted by molar-refractivity contribution is 9.10. The molecule has 5 nitrogen and oxygen atoms in total. The Morgan fingerprint density at radius 1 is 1.15 bits per heavy atom. The van der Waals surface area contributed by atoms with Gasteiger partial charge in [-0.2, -0.15) is 0 Å². The van der Waals surface area contributed by atoms with Crippen molar-refractivity contribution in [3.63, 3.8) is 0 Å². The number of fused-ring (bicyclic) bond motifs is 1. The number of carbonyl (C=O) groups is 1. The van der Waals surface area contributed by atoms with E-state index < -0.39 is 0 Å². The van der Waals surface area contributed by atoms with Gasteiger partial charge in [-0.3, -0.25) is 9.78 Å². The Bertz CT molecular complexity index is 1220. The number of hydrogen-bond donors (Lipinski definition) is 0. The van der Waals surface area contributed by atoms with E-state index in [0.29, 0.717) is 18.7 Å². The third-order valence-corrected chi connectivity index (χ3v) is 5.96. The Labute approximate surface area is 212 Å². The zero-order valence-corrected chi connectivity index (χ0v) is 21.9. The molecule has 4 rings (SSSR count). The predicted molar refractivity (Wildman–Crippen MR) is 139 cm³/mol. The molecule has 0 bridgehead atoms. The van der Waals surface area contributed by atoms with Gasteiger partial charge >= 0.3 is 0 Å². The first-order chi connectivity index (χ1) is 16.2. The lowest BCUT2D eigenvalue weighted by Gasteiger charge is -2.16. The van der Waals surface area contributed by atoms with Gasteiger partial charge in [-0.15, -0.1) is 3.89 Å². The summed E-state index contributed by atoms with van der Waals surface area (Å²) < 4.78 is 21.0. The smallest absolute Gasteiger partial charge is 0.293 e. The average molecular weight is 544 g/mol. The molecule has 0 fully saturated rings. The van der Waals surface area contributed by atoms with Crippen molar-refractivity contribution in [3.8, 4) is 0 Å². The monoisotopic (exact) mass is 543 g/mol. The fourth-order valence-electron chi connectivity index (χ4n) is 3.39. The Morgan fingerprint density at radius 2 is 1.88 bits per heavy atom. The van der Waals surface area contributed by atoms with Crippen LogP contribution in [0.3, 0.4) is 0 Å². The van der Waals surface area contributed by atoms with Crippen molar-refractivity contribution in [1.29, 1.82) is 0 Å². The molecule has 0 saturated heterocycles. The number of hydrogen-bond acceptors (Lipinski definition) is 5. The second-order valence-electron chi connectivity index (χ2n) is 8.80. The summed E-state index contributed by atoms with van der Waals surface area (Å²) in [5.41, 5.74) is 4.38. The lowest BCUT2D eigenvalue weighted by atomic mass is 9.95. The maximum absolute atomic E-state index is 13.9. The van der Waals surface area contributed by atoms with Crippen LogP contribution >= 0.6 is 28.3 Å². The molecule has 178 valence electrons. The van der Waals surface area contributed by atoms with E-state index in [-0.39, 0.29) is 23.9 Å². The SMILES string of the molecule is CC(C)(C)OC=O.Cc1ccc2c(c1)nc(C(Cc1ccccc1)c1ccc(Br)cn1)n2SF. The molecule has 0 aliphatic rings. The lowest BCUT2D eigenvalue weighted by Crippen LogP contribution is -2.17. The van der Waals surface area contributed by atoms with E-state index in [1.54, 1.807) is 10.2 Å². The topological polar surface area (TPSA) is 57.0 Å². The van der Waals surface area contributed by atoms with E-state index in [0.717, 1.165) is 32.3 Å². The van der Waals surface area contributed by atoms with Gasteiger partial charge in [0.2, 0.25) is 0 Å². The van der Waals surface area contributed by atoms with Crippen LogP contribution < -0.4 is 0 Å². The highest BCUT2D eigenvalue weighted by atomic mass is 79.9. The molecule has 0 aliphatic carbocycles. The van der Waals surface area contributed by atoms with Gasteiger partial charge in [-0.25, -0.2) is 8.96 Å². The highest BCUT2D eigenvalue weighted by Crippen LogP contribution is 2.33. The van der Waals surface area contributed by atoms with E-state index >= 15 is 0 Å². The van der Waals surface area contributed by atoms with E-state index in [2.05, 4.69) is 37.8 Å². The van der Waals surface area contributed by atoms with Crippen LogP contribution in [0.15, 0.2) is 71.3 Å². The molecule has 8 heteroatoms. The van der Waals surface area contributed by atoms with Crippen LogP contribution in [0, 0.1) is 6.92 Å². The van der Waals surface area contributed by atoms with Gasteiger partial charge in [-0.05, 0) is 85.4 Å². The largest absolute Gasteiger partial charge is 0.462 e. The van der Waals surface area contributed by atoms with Crippen molar-refractivity contribution in [1.82, 2.24) is 13.9 Å². The van der Waals surface area contributed by atoms with Crippen molar-refractivity contribution in [3.05, 3.63) is 94.0 Å². The summed E-state index contributed by atoms with van der Waals surface area (Å²) in [5.74, 6) is 0.512. The molecule has 0 N–H and O–H groups in total. The third kappa shape index (κ3) is 6.90. The Morgan fingerprint density at radius 3 is 2.44 bits per heavy atom. The zero-order valence-electron chi connectivity index (χ0n) is 19.5. The minimum atomic E-state index is -0.318. The summed E-state index contributed by atoms with van der Waals surface area (Å²) in [6.07, 6.45) is 2.46. The van der Waals surface area contributed by atoms with Crippen LogP contribution in [-0.4, -0.2) is 26.0 Å². The van der Waals surface area contributed by atoms with Gasteiger partial charge in [0.25, 0.3) is 6.47 Å². The second kappa shape index (κ2) is 11.6. The van der Waals surface area contributed by atoms with Crippen molar-refractivity contribution in [2.75, 3.05) is 0 Å². The first kappa shape index (κ1) is 25.9. The molecular formula is C26H27BrFN3O2S. The van der Waals surface area contributed by atoms with Gasteiger partial charge in [-0.1, -0.05) is 36.4 Å². The summed E-state index contributed by atoms with van der Waals surface area (Å²) >= 11 is 3.63. The minimum absolute atomic E-state index is 0.156. The number of aryl methyl sites for hydroxylation is 1. The number of pyridine rings is 1. The highest BCUT2D eigenvalue weighted by Gasteiger charge is 2.24. The summed E-state index contributed by atoms with van der Waals surface area (Å²) in [7, 11) is 0. The summed E-state index contributed by atoms with van der Waals surface area (Å²) in [6, 6.07) is 20.0. The predicted octanol–water partition coefficient (Wildman–Crippen LogP) is 7.22. The summed E-state index contributed by atoms with van der Waals surface area (Å²) in [5, 5.41) is 0. The van der Waals surface area contributed by atoms with Gasteiger partial charge in [0.1, 0.15) is 11.4 Å². The van der Waals surface area contributed by atoms with Crippen LogP contribution in [-0.2, 0) is 16.0 Å². The molecule has 1 unspecified atom stereocenters. The molecule has 4 aromatic rings. The van der Waals surface area contributed by atoms with Crippen LogP contribution in [0.5, 0.6) is 0 Å². The van der Waals surface area contributed by atoms with Gasteiger partial charge in [0, 0.05) is 10.7 Å².